The van der Waals surface area contributed by atoms with E-state index in [1.54, 1.807) is 0 Å². The fourth-order valence-electron chi connectivity index (χ4n) is 3.86. The minimum Gasteiger partial charge on any atom is -0.377 e. The Labute approximate surface area is 125 Å². The Morgan fingerprint density at radius 3 is 2.55 bits per heavy atom. The molecule has 0 spiro atoms. The minimum absolute atomic E-state index is 0.159. The van der Waals surface area contributed by atoms with Crippen LogP contribution < -0.4 is 11.1 Å². The summed E-state index contributed by atoms with van der Waals surface area (Å²) in [6.07, 6.45) is 9.25. The van der Waals surface area contributed by atoms with Gasteiger partial charge in [0, 0.05) is 25.2 Å². The Balaban J connectivity index is 1.89. The van der Waals surface area contributed by atoms with Crippen LogP contribution in [0, 0.1) is 11.3 Å². The second-order valence-electron chi connectivity index (χ2n) is 7.99. The first-order valence-electron chi connectivity index (χ1n) is 8.52. The fourth-order valence-corrected chi connectivity index (χ4v) is 3.86. The van der Waals surface area contributed by atoms with Crippen LogP contribution in [0.2, 0.25) is 0 Å². The van der Waals surface area contributed by atoms with E-state index in [4.69, 9.17) is 10.5 Å². The van der Waals surface area contributed by atoms with E-state index in [9.17, 15) is 0 Å². The van der Waals surface area contributed by atoms with Crippen molar-refractivity contribution < 1.29 is 4.74 Å². The van der Waals surface area contributed by atoms with Crippen LogP contribution in [0.1, 0.15) is 65.7 Å². The zero-order chi connectivity index (χ0) is 14.6. The second-order valence-corrected chi connectivity index (χ2v) is 7.99. The summed E-state index contributed by atoms with van der Waals surface area (Å²) in [4.78, 5) is 0. The largest absolute Gasteiger partial charge is 0.377 e. The van der Waals surface area contributed by atoms with E-state index in [-0.39, 0.29) is 5.54 Å². The van der Waals surface area contributed by atoms with Gasteiger partial charge in [0.15, 0.2) is 0 Å². The third kappa shape index (κ3) is 4.19. The molecule has 0 radical (unpaired) electrons. The predicted molar refractivity (Wildman–Crippen MR) is 84.8 cm³/mol. The van der Waals surface area contributed by atoms with Crippen molar-refractivity contribution in [3.63, 3.8) is 0 Å². The Morgan fingerprint density at radius 1 is 1.15 bits per heavy atom. The first-order chi connectivity index (χ1) is 9.45. The molecule has 0 aromatic carbocycles. The van der Waals surface area contributed by atoms with Gasteiger partial charge in [-0.3, -0.25) is 0 Å². The maximum absolute atomic E-state index is 6.14. The lowest BCUT2D eigenvalue weighted by Gasteiger charge is -2.35. The lowest BCUT2D eigenvalue weighted by atomic mass is 9.76. The maximum Gasteiger partial charge on any atom is 0.0700 e. The highest BCUT2D eigenvalue weighted by molar-refractivity contribution is 4.94. The van der Waals surface area contributed by atoms with Gasteiger partial charge < -0.3 is 15.8 Å². The molecule has 1 aliphatic heterocycles. The van der Waals surface area contributed by atoms with Gasteiger partial charge in [-0.25, -0.2) is 0 Å². The number of nitrogens with one attached hydrogen (secondary N) is 1. The molecule has 2 rings (SSSR count). The summed E-state index contributed by atoms with van der Waals surface area (Å²) >= 11 is 0. The molecule has 3 nitrogen and oxygen atoms in total. The van der Waals surface area contributed by atoms with E-state index in [0.29, 0.717) is 11.5 Å². The molecule has 0 aromatic rings. The molecule has 0 amide bonds. The average Bonchev–Trinajstić information content (AvgIpc) is 2.81. The second kappa shape index (κ2) is 6.76. The monoisotopic (exact) mass is 282 g/mol. The van der Waals surface area contributed by atoms with Crippen LogP contribution in [-0.2, 0) is 4.74 Å². The van der Waals surface area contributed by atoms with Gasteiger partial charge in [-0.05, 0) is 49.9 Å². The van der Waals surface area contributed by atoms with Crippen LogP contribution in [0.4, 0.5) is 0 Å². The Hall–Kier alpha value is -0.120. The summed E-state index contributed by atoms with van der Waals surface area (Å²) in [5.74, 6) is 0.834. The molecular weight excluding hydrogens is 248 g/mol. The van der Waals surface area contributed by atoms with Gasteiger partial charge in [0.2, 0.25) is 0 Å². The van der Waals surface area contributed by atoms with Crippen LogP contribution in [0.15, 0.2) is 0 Å². The summed E-state index contributed by atoms with van der Waals surface area (Å²) in [5.41, 5.74) is 6.73. The molecule has 2 aliphatic rings. The molecule has 0 bridgehead atoms. The standard InChI is InChI=1S/C17H34N2O/c1-16(2,3)14-6-4-9-17(13-18,10-8-14)19-12-15-7-5-11-20-15/h14-15,19H,4-13,18H2,1-3H3. The number of ether oxygens (including phenoxy) is 1. The first-order valence-corrected chi connectivity index (χ1v) is 8.52. The fraction of sp³-hybridized carbons (Fsp3) is 1.00. The van der Waals surface area contributed by atoms with Crippen molar-refractivity contribution in [3.8, 4) is 0 Å². The number of hydrogen-bond donors (Lipinski definition) is 2. The Kier molecular flexibility index (Phi) is 5.49. The van der Waals surface area contributed by atoms with E-state index in [0.717, 1.165) is 25.6 Å². The topological polar surface area (TPSA) is 47.3 Å². The number of rotatable bonds is 4. The van der Waals surface area contributed by atoms with Crippen molar-refractivity contribution in [2.45, 2.75) is 77.4 Å². The van der Waals surface area contributed by atoms with Gasteiger partial charge in [-0.15, -0.1) is 0 Å². The molecule has 118 valence electrons. The van der Waals surface area contributed by atoms with Gasteiger partial charge in [0.25, 0.3) is 0 Å². The summed E-state index contributed by atoms with van der Waals surface area (Å²) in [6, 6.07) is 0. The zero-order valence-electron chi connectivity index (χ0n) is 13.7. The smallest absolute Gasteiger partial charge is 0.0700 e. The van der Waals surface area contributed by atoms with Crippen LogP contribution >= 0.6 is 0 Å². The minimum atomic E-state index is 0.159. The maximum atomic E-state index is 6.14. The van der Waals surface area contributed by atoms with E-state index in [2.05, 4.69) is 26.1 Å². The average molecular weight is 282 g/mol. The molecule has 1 aliphatic carbocycles. The van der Waals surface area contributed by atoms with Gasteiger partial charge in [0.1, 0.15) is 0 Å². The van der Waals surface area contributed by atoms with Crippen LogP contribution in [0.3, 0.4) is 0 Å². The summed E-state index contributed by atoms with van der Waals surface area (Å²) in [6.45, 7) is 9.83. The molecule has 3 heteroatoms. The highest BCUT2D eigenvalue weighted by Crippen LogP contribution is 2.39. The van der Waals surface area contributed by atoms with Gasteiger partial charge in [-0.2, -0.15) is 0 Å². The molecule has 2 fully saturated rings. The highest BCUT2D eigenvalue weighted by Gasteiger charge is 2.35. The van der Waals surface area contributed by atoms with Gasteiger partial charge in [-0.1, -0.05) is 27.2 Å². The van der Waals surface area contributed by atoms with Crippen molar-refractivity contribution in [3.05, 3.63) is 0 Å². The van der Waals surface area contributed by atoms with E-state index >= 15 is 0 Å². The Bertz CT molecular complexity index is 294. The molecular formula is C17H34N2O. The molecule has 20 heavy (non-hydrogen) atoms. The molecule has 3 unspecified atom stereocenters. The normalized spacial score (nSPS) is 36.0. The van der Waals surface area contributed by atoms with Crippen LogP contribution in [0.5, 0.6) is 0 Å². The van der Waals surface area contributed by atoms with Crippen molar-refractivity contribution in [2.24, 2.45) is 17.1 Å². The van der Waals surface area contributed by atoms with Crippen LogP contribution in [-0.4, -0.2) is 31.3 Å². The highest BCUT2D eigenvalue weighted by atomic mass is 16.5. The number of nitrogens with two attached hydrogens (primary N) is 1. The SMILES string of the molecule is CC(C)(C)C1CCCC(CN)(NCC2CCCO2)CC1. The van der Waals surface area contributed by atoms with Crippen molar-refractivity contribution in [2.75, 3.05) is 19.7 Å². The lowest BCUT2D eigenvalue weighted by Crippen LogP contribution is -2.53. The molecule has 3 N–H and O–H groups in total. The third-order valence-electron chi connectivity index (χ3n) is 5.52. The summed E-state index contributed by atoms with van der Waals surface area (Å²) < 4.78 is 5.74. The molecule has 3 atom stereocenters. The first kappa shape index (κ1) is 16.3. The molecule has 1 saturated heterocycles. The van der Waals surface area contributed by atoms with Gasteiger partial charge in [0.05, 0.1) is 6.10 Å². The van der Waals surface area contributed by atoms with E-state index in [1.807, 2.05) is 0 Å². The van der Waals surface area contributed by atoms with Crippen LogP contribution in [0.25, 0.3) is 0 Å². The quantitative estimate of drug-likeness (QED) is 0.779. The molecule has 1 heterocycles. The molecule has 0 aromatic heterocycles. The van der Waals surface area contributed by atoms with E-state index in [1.165, 1.54) is 44.9 Å². The zero-order valence-corrected chi connectivity index (χ0v) is 13.7. The Morgan fingerprint density at radius 2 is 1.95 bits per heavy atom. The van der Waals surface area contributed by atoms with Crippen molar-refractivity contribution in [1.29, 1.82) is 0 Å². The lowest BCUT2D eigenvalue weighted by molar-refractivity contribution is 0.0983. The molecule has 1 saturated carbocycles. The van der Waals surface area contributed by atoms with Gasteiger partial charge >= 0.3 is 0 Å². The summed E-state index contributed by atoms with van der Waals surface area (Å²) in [7, 11) is 0. The van der Waals surface area contributed by atoms with Crippen molar-refractivity contribution >= 4 is 0 Å². The van der Waals surface area contributed by atoms with Crippen molar-refractivity contribution in [1.82, 2.24) is 5.32 Å². The third-order valence-corrected chi connectivity index (χ3v) is 5.52. The number of hydrogen-bond acceptors (Lipinski definition) is 3. The summed E-state index contributed by atoms with van der Waals surface area (Å²) in [5, 5.41) is 3.79. The van der Waals surface area contributed by atoms with E-state index < -0.39 is 0 Å². The predicted octanol–water partition coefficient (Wildman–Crippen LogP) is 3.08.